The zero-order chi connectivity index (χ0) is 43.2. The number of anilines is 2. The van der Waals surface area contributed by atoms with Crippen LogP contribution in [-0.4, -0.2) is 87.8 Å². The normalized spacial score (nSPS) is 15.0. The molecule has 5 heterocycles. The standard InChI is InChI=1S/C46H45Cl2FN10O2S/c1-25-26(2)62-45-38(25)41(28-11-13-30(47)14-12-28)52-36(44-56-55-27(3)59(44)45)24-37(61)51-15-7-8-18-57(4)46-53-42-34(43(54-46)58-19-16-50-17-20-58)23-35(48)39(40(42)49)33-22-31(60)21-29-9-5-6-10-32(29)33/h5-6,9-14,21-23,36,50,60H,7-8,15-20,24H2,1-4H3,(H,51,61)/t36-/m0/s1. The monoisotopic (exact) mass is 890 g/mol. The lowest BCUT2D eigenvalue weighted by molar-refractivity contribution is -0.121. The van der Waals surface area contributed by atoms with Gasteiger partial charge in [0.15, 0.2) is 11.6 Å². The summed E-state index contributed by atoms with van der Waals surface area (Å²) in [4.78, 5) is 33.9. The lowest BCUT2D eigenvalue weighted by Gasteiger charge is -2.30. The minimum Gasteiger partial charge on any atom is -0.508 e. The lowest BCUT2D eigenvalue weighted by atomic mass is 9.96. The zero-order valence-corrected chi connectivity index (χ0v) is 37.1. The van der Waals surface area contributed by atoms with Crippen molar-refractivity contribution < 1.29 is 14.3 Å². The first-order chi connectivity index (χ1) is 30.0. The number of carbonyl (C=O) groups excluding carboxylic acids is 1. The van der Waals surface area contributed by atoms with Gasteiger partial charge < -0.3 is 25.5 Å². The average Bonchev–Trinajstić information content (AvgIpc) is 3.75. The molecule has 0 aliphatic carbocycles. The number of carbonyl (C=O) groups is 1. The predicted octanol–water partition coefficient (Wildman–Crippen LogP) is 8.89. The fourth-order valence-electron chi connectivity index (χ4n) is 8.39. The molecular weight excluding hydrogens is 847 g/mol. The van der Waals surface area contributed by atoms with Crippen molar-refractivity contribution in [2.24, 2.45) is 4.99 Å². The maximum Gasteiger partial charge on any atom is 0.227 e. The van der Waals surface area contributed by atoms with Crippen LogP contribution in [0.4, 0.5) is 16.2 Å². The van der Waals surface area contributed by atoms with Gasteiger partial charge in [-0.3, -0.25) is 14.4 Å². The van der Waals surface area contributed by atoms with Gasteiger partial charge in [0.2, 0.25) is 11.9 Å². The molecule has 3 N–H and O–H groups in total. The molecule has 1 fully saturated rings. The summed E-state index contributed by atoms with van der Waals surface area (Å²) in [7, 11) is 1.89. The molecule has 0 unspecified atom stereocenters. The first kappa shape index (κ1) is 41.7. The fourth-order valence-corrected chi connectivity index (χ4v) is 10.0. The summed E-state index contributed by atoms with van der Waals surface area (Å²) in [5, 5.41) is 29.9. The molecule has 0 radical (unpaired) electrons. The van der Waals surface area contributed by atoms with Crippen molar-refractivity contribution >= 4 is 79.6 Å². The number of rotatable bonds is 11. The molecule has 9 rings (SSSR count). The molecule has 0 spiro atoms. The topological polar surface area (TPSA) is 137 Å². The fraction of sp³-hybridized carbons (Fsp3) is 0.304. The van der Waals surface area contributed by atoms with Gasteiger partial charge >= 0.3 is 0 Å². The quantitative estimate of drug-likeness (QED) is 0.109. The van der Waals surface area contributed by atoms with E-state index in [9.17, 15) is 9.90 Å². The van der Waals surface area contributed by atoms with Crippen molar-refractivity contribution in [1.29, 1.82) is 0 Å². The molecular formula is C46H45Cl2FN10O2S. The summed E-state index contributed by atoms with van der Waals surface area (Å²) in [5.41, 5.74) is 4.66. The van der Waals surface area contributed by atoms with Crippen molar-refractivity contribution in [1.82, 2.24) is 35.4 Å². The van der Waals surface area contributed by atoms with E-state index in [4.69, 9.17) is 38.2 Å². The number of hydrogen-bond donors (Lipinski definition) is 3. The van der Waals surface area contributed by atoms with Crippen molar-refractivity contribution in [3.8, 4) is 21.9 Å². The van der Waals surface area contributed by atoms with Crippen LogP contribution in [-0.2, 0) is 4.79 Å². The third-order valence-corrected chi connectivity index (χ3v) is 13.4. The highest BCUT2D eigenvalue weighted by atomic mass is 35.5. The summed E-state index contributed by atoms with van der Waals surface area (Å²) in [5.74, 6) is 1.65. The van der Waals surface area contributed by atoms with Gasteiger partial charge in [-0.15, -0.1) is 21.5 Å². The number of aromatic hydroxyl groups is 1. The van der Waals surface area contributed by atoms with Crippen LogP contribution in [0, 0.1) is 26.6 Å². The van der Waals surface area contributed by atoms with E-state index < -0.39 is 11.9 Å². The number of halogens is 3. The van der Waals surface area contributed by atoms with Gasteiger partial charge in [-0.1, -0.05) is 59.6 Å². The largest absolute Gasteiger partial charge is 0.508 e. The van der Waals surface area contributed by atoms with E-state index >= 15 is 4.39 Å². The number of unbranched alkanes of at least 4 members (excludes halogenated alkanes) is 1. The molecule has 318 valence electrons. The zero-order valence-electron chi connectivity index (χ0n) is 34.8. The molecule has 1 atom stereocenters. The van der Waals surface area contributed by atoms with E-state index in [-0.39, 0.29) is 34.2 Å². The Morgan fingerprint density at radius 1 is 0.984 bits per heavy atom. The van der Waals surface area contributed by atoms with Crippen LogP contribution in [0.25, 0.3) is 37.8 Å². The second-order valence-corrected chi connectivity index (χ2v) is 17.9. The Hall–Kier alpha value is -5.67. The number of thiophene rings is 1. The van der Waals surface area contributed by atoms with Crippen molar-refractivity contribution in [2.75, 3.05) is 56.1 Å². The first-order valence-corrected chi connectivity index (χ1v) is 22.3. The van der Waals surface area contributed by atoms with E-state index in [1.807, 2.05) is 72.0 Å². The molecule has 2 aliphatic heterocycles. The molecule has 4 aromatic carbocycles. The third kappa shape index (κ3) is 7.85. The number of fused-ring (bicyclic) bond motifs is 5. The third-order valence-electron chi connectivity index (χ3n) is 11.7. The van der Waals surface area contributed by atoms with E-state index in [1.54, 1.807) is 29.5 Å². The minimum absolute atomic E-state index is 0.0121. The van der Waals surface area contributed by atoms with Crippen molar-refractivity contribution in [3.63, 3.8) is 0 Å². The lowest BCUT2D eigenvalue weighted by Crippen LogP contribution is -2.44. The molecule has 16 heteroatoms. The van der Waals surface area contributed by atoms with Crippen LogP contribution >= 0.6 is 34.5 Å². The maximum atomic E-state index is 17.0. The Morgan fingerprint density at radius 3 is 2.55 bits per heavy atom. The van der Waals surface area contributed by atoms with Crippen molar-refractivity contribution in [3.05, 3.63) is 116 Å². The van der Waals surface area contributed by atoms with Crippen LogP contribution < -0.4 is 20.4 Å². The molecule has 0 saturated carbocycles. The Balaban J connectivity index is 0.925. The summed E-state index contributed by atoms with van der Waals surface area (Å²) < 4.78 is 19.0. The number of hydrogen-bond acceptors (Lipinski definition) is 11. The highest BCUT2D eigenvalue weighted by molar-refractivity contribution is 7.15. The van der Waals surface area contributed by atoms with E-state index in [1.165, 1.54) is 4.88 Å². The molecule has 62 heavy (non-hydrogen) atoms. The number of benzene rings is 4. The number of aromatic nitrogens is 5. The number of piperazine rings is 1. The van der Waals surface area contributed by atoms with E-state index in [0.717, 1.165) is 57.1 Å². The number of nitrogens with zero attached hydrogens (tertiary/aromatic N) is 8. The number of phenolic OH excluding ortho intramolecular Hbond substituents is 1. The number of nitrogens with one attached hydrogen (secondary N) is 2. The molecule has 12 nitrogen and oxygen atoms in total. The average molecular weight is 892 g/mol. The first-order valence-electron chi connectivity index (χ1n) is 20.7. The number of aliphatic imine (C=N–C) groups is 1. The summed E-state index contributed by atoms with van der Waals surface area (Å²) in [6, 6.07) is 19.5. The Labute approximate surface area is 372 Å². The van der Waals surface area contributed by atoms with Gasteiger partial charge in [0.05, 0.1) is 17.2 Å². The molecule has 7 aromatic rings. The van der Waals surface area contributed by atoms with E-state index in [0.29, 0.717) is 72.6 Å². The predicted molar refractivity (Wildman–Crippen MR) is 248 cm³/mol. The van der Waals surface area contributed by atoms with Gasteiger partial charge in [0, 0.05) is 78.3 Å². The molecule has 3 aromatic heterocycles. The highest BCUT2D eigenvalue weighted by Gasteiger charge is 2.33. The van der Waals surface area contributed by atoms with E-state index in [2.05, 4.69) is 39.6 Å². The molecule has 1 saturated heterocycles. The Bertz CT molecular complexity index is 2890. The number of phenols is 1. The summed E-state index contributed by atoms with van der Waals surface area (Å²) >= 11 is 14.9. The molecule has 0 bridgehead atoms. The van der Waals surface area contributed by atoms with Crippen molar-refractivity contribution in [2.45, 2.75) is 46.1 Å². The Kier molecular flexibility index (Phi) is 11.6. The van der Waals surface area contributed by atoms with Crippen LogP contribution in [0.3, 0.4) is 0 Å². The number of aryl methyl sites for hydroxylation is 2. The van der Waals surface area contributed by atoms with Crippen LogP contribution in [0.15, 0.2) is 71.7 Å². The number of amides is 1. The summed E-state index contributed by atoms with van der Waals surface area (Å²) in [6.45, 7) is 10.0. The summed E-state index contributed by atoms with van der Waals surface area (Å²) in [6.07, 6.45) is 1.49. The van der Waals surface area contributed by atoms with Crippen LogP contribution in [0.1, 0.15) is 58.5 Å². The van der Waals surface area contributed by atoms with Gasteiger partial charge in [-0.05, 0) is 85.8 Å². The molecule has 2 aliphatic rings. The Morgan fingerprint density at radius 2 is 1.76 bits per heavy atom. The maximum absolute atomic E-state index is 17.0. The van der Waals surface area contributed by atoms with Gasteiger partial charge in [-0.25, -0.2) is 9.37 Å². The highest BCUT2D eigenvalue weighted by Crippen LogP contribution is 2.43. The second kappa shape index (κ2) is 17.2. The smallest absolute Gasteiger partial charge is 0.227 e. The van der Waals surface area contributed by atoms with Gasteiger partial charge in [-0.2, -0.15) is 4.98 Å². The molecule has 1 amide bonds. The van der Waals surface area contributed by atoms with Gasteiger partial charge in [0.25, 0.3) is 0 Å². The van der Waals surface area contributed by atoms with Crippen LogP contribution in [0.2, 0.25) is 10.0 Å². The minimum atomic E-state index is -0.577. The van der Waals surface area contributed by atoms with Gasteiger partial charge in [0.1, 0.15) is 34.0 Å². The SMILES string of the molecule is Cc1sc2c(c1C)C(c1ccc(Cl)cc1)=N[C@@H](CC(=O)NCCCCN(C)c1nc(N3CCNCC3)c3cc(Cl)c(-c4cc(O)cc5ccccc45)c(F)c3n1)c1nnc(C)n1-2. The van der Waals surface area contributed by atoms with Crippen LogP contribution in [0.5, 0.6) is 5.75 Å². The second-order valence-electron chi connectivity index (χ2n) is 15.8.